The Hall–Kier alpha value is -3.17. The molecule has 31 heavy (non-hydrogen) atoms. The molecule has 160 valence electrons. The Morgan fingerprint density at radius 2 is 2.00 bits per heavy atom. The van der Waals surface area contributed by atoms with E-state index in [-0.39, 0.29) is 11.9 Å². The van der Waals surface area contributed by atoms with Crippen LogP contribution in [0.3, 0.4) is 0 Å². The van der Waals surface area contributed by atoms with Crippen LogP contribution >= 0.6 is 22.9 Å². The monoisotopic (exact) mass is 457 g/mol. The number of anilines is 2. The fourth-order valence-electron chi connectivity index (χ4n) is 3.38. The van der Waals surface area contributed by atoms with Gasteiger partial charge in [0.15, 0.2) is 0 Å². The summed E-state index contributed by atoms with van der Waals surface area (Å²) in [4.78, 5) is 27.1. The molecule has 1 atom stereocenters. The Labute approximate surface area is 188 Å². The Balaban J connectivity index is 1.42. The third kappa shape index (κ3) is 4.95. The first-order valence-corrected chi connectivity index (χ1v) is 10.8. The van der Waals surface area contributed by atoms with E-state index < -0.39 is 6.04 Å². The minimum Gasteiger partial charge on any atom is -0.497 e. The van der Waals surface area contributed by atoms with Gasteiger partial charge in [0, 0.05) is 22.8 Å². The molecule has 0 radical (unpaired) electrons. The first-order valence-electron chi connectivity index (χ1n) is 9.65. The minimum absolute atomic E-state index is 0.285. The van der Waals surface area contributed by atoms with Crippen LogP contribution in [0, 0.1) is 0 Å². The number of rotatable bonds is 5. The normalized spacial score (nSPS) is 15.5. The van der Waals surface area contributed by atoms with Crippen molar-refractivity contribution in [3.05, 3.63) is 53.6 Å². The second-order valence-electron chi connectivity index (χ2n) is 6.93. The number of amides is 3. The molecule has 1 aromatic heterocycles. The van der Waals surface area contributed by atoms with Crippen molar-refractivity contribution >= 4 is 45.7 Å². The maximum atomic E-state index is 12.8. The largest absolute Gasteiger partial charge is 0.497 e. The smallest absolute Gasteiger partial charge is 0.322 e. The minimum atomic E-state index is -0.580. The summed E-state index contributed by atoms with van der Waals surface area (Å²) in [6.45, 7) is 0.496. The van der Waals surface area contributed by atoms with E-state index in [0.29, 0.717) is 39.6 Å². The fraction of sp³-hybridized carbons (Fsp3) is 0.238. The van der Waals surface area contributed by atoms with Crippen molar-refractivity contribution in [3.63, 3.8) is 0 Å². The van der Waals surface area contributed by atoms with Crippen LogP contribution in [0.1, 0.15) is 12.8 Å². The number of methoxy groups -OCH3 is 1. The molecule has 8 nitrogen and oxygen atoms in total. The number of urea groups is 1. The summed E-state index contributed by atoms with van der Waals surface area (Å²) in [5.74, 6) is 0.428. The maximum absolute atomic E-state index is 12.8. The van der Waals surface area contributed by atoms with Crippen LogP contribution in [0.5, 0.6) is 5.75 Å². The number of ether oxygens (including phenoxy) is 1. The standard InChI is InChI=1S/C21H20ClN5O3S/c1-30-16-8-2-5-13(11-16)19-25-26-20(31-19)24-18(28)17-9-4-10-27(17)21(29)23-15-7-3-6-14(22)12-15/h2-3,5-8,11-12,17H,4,9-10H2,1H3,(H,23,29)(H,24,26,28). The number of nitrogens with one attached hydrogen (secondary N) is 2. The molecule has 4 rings (SSSR count). The Morgan fingerprint density at radius 1 is 1.16 bits per heavy atom. The second kappa shape index (κ2) is 9.32. The zero-order chi connectivity index (χ0) is 21.8. The molecule has 1 aliphatic heterocycles. The lowest BCUT2D eigenvalue weighted by Gasteiger charge is -2.23. The van der Waals surface area contributed by atoms with Gasteiger partial charge in [0.25, 0.3) is 0 Å². The highest BCUT2D eigenvalue weighted by Crippen LogP contribution is 2.29. The Bertz CT molecular complexity index is 1110. The summed E-state index contributed by atoms with van der Waals surface area (Å²) in [5, 5.41) is 15.4. The first-order chi connectivity index (χ1) is 15.0. The quantitative estimate of drug-likeness (QED) is 0.588. The Morgan fingerprint density at radius 3 is 2.81 bits per heavy atom. The van der Waals surface area contributed by atoms with Crippen molar-refractivity contribution in [2.75, 3.05) is 24.3 Å². The van der Waals surface area contributed by atoms with Gasteiger partial charge in [-0.1, -0.05) is 41.1 Å². The average molecular weight is 458 g/mol. The number of likely N-dealkylation sites (tertiary alicyclic amines) is 1. The van der Waals surface area contributed by atoms with E-state index >= 15 is 0 Å². The average Bonchev–Trinajstić information content (AvgIpc) is 3.44. The molecule has 2 aromatic carbocycles. The zero-order valence-corrected chi connectivity index (χ0v) is 18.2. The van der Waals surface area contributed by atoms with Gasteiger partial charge in [-0.25, -0.2) is 4.79 Å². The summed E-state index contributed by atoms with van der Waals surface area (Å²) >= 11 is 7.24. The molecule has 3 amide bonds. The molecule has 0 spiro atoms. The third-order valence-electron chi connectivity index (χ3n) is 4.86. The molecule has 3 aromatic rings. The van der Waals surface area contributed by atoms with Crippen molar-refractivity contribution in [2.45, 2.75) is 18.9 Å². The van der Waals surface area contributed by atoms with E-state index in [9.17, 15) is 9.59 Å². The van der Waals surface area contributed by atoms with Crippen LogP contribution in [0.15, 0.2) is 48.5 Å². The van der Waals surface area contributed by atoms with Crippen LogP contribution in [0.25, 0.3) is 10.6 Å². The molecule has 0 saturated carbocycles. The summed E-state index contributed by atoms with van der Waals surface area (Å²) in [7, 11) is 1.60. The molecule has 1 unspecified atom stereocenters. The summed E-state index contributed by atoms with van der Waals surface area (Å²) in [6.07, 6.45) is 1.32. The third-order valence-corrected chi connectivity index (χ3v) is 5.99. The number of benzene rings is 2. The van der Waals surface area contributed by atoms with Gasteiger partial charge in [-0.3, -0.25) is 10.1 Å². The van der Waals surface area contributed by atoms with Crippen LogP contribution in [-0.2, 0) is 4.79 Å². The number of nitrogens with zero attached hydrogens (tertiary/aromatic N) is 3. The van der Waals surface area contributed by atoms with Crippen LogP contribution in [0.4, 0.5) is 15.6 Å². The fourth-order valence-corrected chi connectivity index (χ4v) is 4.31. The summed E-state index contributed by atoms with van der Waals surface area (Å²) in [6, 6.07) is 13.4. The molecule has 1 saturated heterocycles. The van der Waals surface area contributed by atoms with Crippen LogP contribution in [0.2, 0.25) is 5.02 Å². The molecular formula is C21H20ClN5O3S. The lowest BCUT2D eigenvalue weighted by molar-refractivity contribution is -0.119. The molecule has 1 fully saturated rings. The van der Waals surface area contributed by atoms with E-state index in [1.54, 1.807) is 31.4 Å². The van der Waals surface area contributed by atoms with Crippen molar-refractivity contribution in [2.24, 2.45) is 0 Å². The summed E-state index contributed by atoms with van der Waals surface area (Å²) < 4.78 is 5.23. The van der Waals surface area contributed by atoms with E-state index in [4.69, 9.17) is 16.3 Å². The van der Waals surface area contributed by atoms with Crippen LogP contribution < -0.4 is 15.4 Å². The number of hydrogen-bond acceptors (Lipinski definition) is 6. The summed E-state index contributed by atoms with van der Waals surface area (Å²) in [5.41, 5.74) is 1.43. The van der Waals surface area contributed by atoms with Gasteiger partial charge in [-0.15, -0.1) is 10.2 Å². The van der Waals surface area contributed by atoms with E-state index in [1.807, 2.05) is 24.3 Å². The lowest BCUT2D eigenvalue weighted by Crippen LogP contribution is -2.45. The predicted octanol–water partition coefficient (Wildman–Crippen LogP) is 4.50. The Kier molecular flexibility index (Phi) is 6.34. The second-order valence-corrected chi connectivity index (χ2v) is 8.34. The van der Waals surface area contributed by atoms with Crippen molar-refractivity contribution in [1.29, 1.82) is 0 Å². The molecule has 0 aliphatic carbocycles. The first kappa shape index (κ1) is 21.1. The van der Waals surface area contributed by atoms with E-state index in [1.165, 1.54) is 16.2 Å². The molecule has 2 N–H and O–H groups in total. The molecule has 2 heterocycles. The topological polar surface area (TPSA) is 96.5 Å². The molecule has 0 bridgehead atoms. The molecular weight excluding hydrogens is 438 g/mol. The van der Waals surface area contributed by atoms with Gasteiger partial charge in [0.2, 0.25) is 11.0 Å². The highest BCUT2D eigenvalue weighted by molar-refractivity contribution is 7.18. The van der Waals surface area contributed by atoms with Gasteiger partial charge in [0.05, 0.1) is 7.11 Å². The highest BCUT2D eigenvalue weighted by atomic mass is 35.5. The maximum Gasteiger partial charge on any atom is 0.322 e. The number of carbonyl (C=O) groups excluding carboxylic acids is 2. The number of carbonyl (C=O) groups is 2. The highest BCUT2D eigenvalue weighted by Gasteiger charge is 2.34. The zero-order valence-electron chi connectivity index (χ0n) is 16.7. The van der Waals surface area contributed by atoms with Gasteiger partial charge in [-0.2, -0.15) is 0 Å². The number of halogens is 1. The van der Waals surface area contributed by atoms with Gasteiger partial charge < -0.3 is 15.0 Å². The van der Waals surface area contributed by atoms with Crippen molar-refractivity contribution < 1.29 is 14.3 Å². The lowest BCUT2D eigenvalue weighted by atomic mass is 10.2. The van der Waals surface area contributed by atoms with Crippen molar-refractivity contribution in [1.82, 2.24) is 15.1 Å². The number of hydrogen-bond donors (Lipinski definition) is 2. The SMILES string of the molecule is COc1cccc(-c2nnc(NC(=O)C3CCCN3C(=O)Nc3cccc(Cl)c3)s2)c1. The van der Waals surface area contributed by atoms with Gasteiger partial charge in [0.1, 0.15) is 16.8 Å². The van der Waals surface area contributed by atoms with Crippen LogP contribution in [-0.4, -0.2) is 46.7 Å². The van der Waals surface area contributed by atoms with E-state index in [2.05, 4.69) is 20.8 Å². The molecule has 10 heteroatoms. The van der Waals surface area contributed by atoms with E-state index in [0.717, 1.165) is 12.0 Å². The van der Waals surface area contributed by atoms with Crippen molar-refractivity contribution in [3.8, 4) is 16.3 Å². The van der Waals surface area contributed by atoms with Gasteiger partial charge >= 0.3 is 6.03 Å². The molecule has 1 aliphatic rings. The van der Waals surface area contributed by atoms with Gasteiger partial charge in [-0.05, 0) is 43.2 Å². The predicted molar refractivity (Wildman–Crippen MR) is 121 cm³/mol. The number of aromatic nitrogens is 2.